The molecular formula is C16H22N2O4. The largest absolute Gasteiger partial charge is 0.462 e. The summed E-state index contributed by atoms with van der Waals surface area (Å²) in [5.74, 6) is -0.430. The maximum absolute atomic E-state index is 12.0. The number of hydrogen-bond acceptors (Lipinski definition) is 5. The first-order valence-corrected chi connectivity index (χ1v) is 7.49. The molecule has 1 aliphatic rings. The minimum Gasteiger partial charge on any atom is -0.462 e. The second-order valence-electron chi connectivity index (χ2n) is 5.26. The molecule has 0 saturated carbocycles. The third-order valence-electron chi connectivity index (χ3n) is 3.37. The molecule has 0 bridgehead atoms. The van der Waals surface area contributed by atoms with Crippen LogP contribution in [0.4, 0.5) is 5.69 Å². The predicted octanol–water partition coefficient (Wildman–Crippen LogP) is 1.52. The zero-order valence-electron chi connectivity index (χ0n) is 13.0. The Bertz CT molecular complexity index is 515. The van der Waals surface area contributed by atoms with Crippen molar-refractivity contribution < 1.29 is 19.1 Å². The van der Waals surface area contributed by atoms with Gasteiger partial charge in [0.2, 0.25) is 5.91 Å². The molecule has 1 saturated heterocycles. The van der Waals surface area contributed by atoms with Gasteiger partial charge in [-0.05, 0) is 38.1 Å². The smallest absolute Gasteiger partial charge is 0.338 e. The maximum atomic E-state index is 12.0. The van der Waals surface area contributed by atoms with Gasteiger partial charge in [-0.25, -0.2) is 4.79 Å². The molecule has 120 valence electrons. The van der Waals surface area contributed by atoms with Crippen LogP contribution in [0.3, 0.4) is 0 Å². The van der Waals surface area contributed by atoms with E-state index >= 15 is 0 Å². The van der Waals surface area contributed by atoms with Crippen molar-refractivity contribution in [2.45, 2.75) is 20.0 Å². The van der Waals surface area contributed by atoms with E-state index in [1.165, 1.54) is 0 Å². The molecule has 1 fully saturated rings. The number of benzene rings is 1. The zero-order valence-corrected chi connectivity index (χ0v) is 13.0. The summed E-state index contributed by atoms with van der Waals surface area (Å²) in [5, 5.41) is 2.83. The third-order valence-corrected chi connectivity index (χ3v) is 3.37. The van der Waals surface area contributed by atoms with Gasteiger partial charge in [0.05, 0.1) is 31.4 Å². The van der Waals surface area contributed by atoms with E-state index in [1.807, 2.05) is 6.92 Å². The normalized spacial score (nSPS) is 18.7. The number of ether oxygens (including phenoxy) is 2. The van der Waals surface area contributed by atoms with Gasteiger partial charge in [0.25, 0.3) is 0 Å². The first kappa shape index (κ1) is 16.5. The second-order valence-corrected chi connectivity index (χ2v) is 5.26. The van der Waals surface area contributed by atoms with Gasteiger partial charge in [0, 0.05) is 18.8 Å². The summed E-state index contributed by atoms with van der Waals surface area (Å²) in [7, 11) is 0. The van der Waals surface area contributed by atoms with E-state index in [0.29, 0.717) is 31.0 Å². The van der Waals surface area contributed by atoms with E-state index in [9.17, 15) is 9.59 Å². The second kappa shape index (κ2) is 7.91. The Morgan fingerprint density at radius 1 is 1.36 bits per heavy atom. The van der Waals surface area contributed by atoms with Crippen LogP contribution in [-0.4, -0.2) is 55.7 Å². The lowest BCUT2D eigenvalue weighted by molar-refractivity contribution is -0.119. The molecule has 0 spiro atoms. The fraction of sp³-hybridized carbons (Fsp3) is 0.500. The molecule has 1 aliphatic heterocycles. The lowest BCUT2D eigenvalue weighted by atomic mass is 10.2. The zero-order chi connectivity index (χ0) is 15.9. The minimum atomic E-state index is -0.359. The Morgan fingerprint density at radius 3 is 2.73 bits per heavy atom. The predicted molar refractivity (Wildman–Crippen MR) is 82.9 cm³/mol. The molecule has 6 heteroatoms. The van der Waals surface area contributed by atoms with Crippen molar-refractivity contribution in [2.24, 2.45) is 0 Å². The molecule has 1 amide bonds. The van der Waals surface area contributed by atoms with Crippen molar-refractivity contribution in [1.82, 2.24) is 4.90 Å². The van der Waals surface area contributed by atoms with Gasteiger partial charge in [-0.2, -0.15) is 0 Å². The maximum Gasteiger partial charge on any atom is 0.338 e. The highest BCUT2D eigenvalue weighted by Gasteiger charge is 2.18. The van der Waals surface area contributed by atoms with Crippen LogP contribution in [0.2, 0.25) is 0 Å². The van der Waals surface area contributed by atoms with Crippen LogP contribution in [0.15, 0.2) is 24.3 Å². The molecule has 1 aromatic rings. The molecule has 0 unspecified atom stereocenters. The SMILES string of the molecule is CCOC(=O)c1ccc(NC(=O)CN2CCO[C@@H](C)C2)cc1. The van der Waals surface area contributed by atoms with Gasteiger partial charge >= 0.3 is 5.97 Å². The van der Waals surface area contributed by atoms with Crippen molar-refractivity contribution in [3.63, 3.8) is 0 Å². The summed E-state index contributed by atoms with van der Waals surface area (Å²) < 4.78 is 10.4. The lowest BCUT2D eigenvalue weighted by Crippen LogP contribution is -2.44. The first-order valence-electron chi connectivity index (χ1n) is 7.49. The summed E-state index contributed by atoms with van der Waals surface area (Å²) in [4.78, 5) is 25.6. The standard InChI is InChI=1S/C16H22N2O4/c1-3-21-16(20)13-4-6-14(7-5-13)17-15(19)11-18-8-9-22-12(2)10-18/h4-7,12H,3,8-11H2,1-2H3,(H,17,19)/t12-/m0/s1. The quantitative estimate of drug-likeness (QED) is 0.836. The Kier molecular flexibility index (Phi) is 5.91. The fourth-order valence-electron chi connectivity index (χ4n) is 2.34. The first-order chi connectivity index (χ1) is 10.6. The topological polar surface area (TPSA) is 67.9 Å². The molecule has 0 radical (unpaired) electrons. The van der Waals surface area contributed by atoms with E-state index in [4.69, 9.17) is 9.47 Å². The number of hydrogen-bond donors (Lipinski definition) is 1. The minimum absolute atomic E-state index is 0.0713. The molecule has 1 aromatic carbocycles. The number of esters is 1. The Hall–Kier alpha value is -1.92. The number of nitrogens with one attached hydrogen (secondary N) is 1. The van der Waals surface area contributed by atoms with Crippen molar-refractivity contribution in [3.05, 3.63) is 29.8 Å². The molecule has 6 nitrogen and oxygen atoms in total. The van der Waals surface area contributed by atoms with Crippen LogP contribution < -0.4 is 5.32 Å². The molecule has 1 atom stereocenters. The summed E-state index contributed by atoms with van der Waals surface area (Å²) in [6.07, 6.45) is 0.158. The number of carbonyl (C=O) groups is 2. The third kappa shape index (κ3) is 4.82. The van der Waals surface area contributed by atoms with Crippen LogP contribution in [0.25, 0.3) is 0 Å². The van der Waals surface area contributed by atoms with Crippen LogP contribution in [0.1, 0.15) is 24.2 Å². The van der Waals surface area contributed by atoms with Crippen molar-refractivity contribution >= 4 is 17.6 Å². The average molecular weight is 306 g/mol. The van der Waals surface area contributed by atoms with E-state index in [2.05, 4.69) is 10.2 Å². The molecule has 1 N–H and O–H groups in total. The van der Waals surface area contributed by atoms with Gasteiger partial charge in [-0.1, -0.05) is 0 Å². The van der Waals surface area contributed by atoms with Gasteiger partial charge in [-0.3, -0.25) is 9.69 Å². The van der Waals surface area contributed by atoms with Gasteiger partial charge in [0.1, 0.15) is 0 Å². The lowest BCUT2D eigenvalue weighted by Gasteiger charge is -2.30. The summed E-state index contributed by atoms with van der Waals surface area (Å²) in [5.41, 5.74) is 1.14. The number of carbonyl (C=O) groups excluding carboxylic acids is 2. The number of rotatable bonds is 5. The Morgan fingerprint density at radius 2 is 2.09 bits per heavy atom. The van der Waals surface area contributed by atoms with E-state index in [0.717, 1.165) is 13.1 Å². The Balaban J connectivity index is 1.85. The molecule has 1 heterocycles. The van der Waals surface area contributed by atoms with Gasteiger partial charge in [-0.15, -0.1) is 0 Å². The van der Waals surface area contributed by atoms with Crippen LogP contribution >= 0.6 is 0 Å². The van der Waals surface area contributed by atoms with E-state index in [-0.39, 0.29) is 18.0 Å². The highest BCUT2D eigenvalue weighted by atomic mass is 16.5. The monoisotopic (exact) mass is 306 g/mol. The summed E-state index contributed by atoms with van der Waals surface area (Å²) in [6.45, 7) is 6.62. The van der Waals surface area contributed by atoms with Crippen LogP contribution in [0.5, 0.6) is 0 Å². The average Bonchev–Trinajstić information content (AvgIpc) is 2.48. The number of nitrogens with zero attached hydrogens (tertiary/aromatic N) is 1. The fourth-order valence-corrected chi connectivity index (χ4v) is 2.34. The molecular weight excluding hydrogens is 284 g/mol. The van der Waals surface area contributed by atoms with Gasteiger partial charge < -0.3 is 14.8 Å². The molecule has 0 aromatic heterocycles. The number of morpholine rings is 1. The molecule has 0 aliphatic carbocycles. The number of amides is 1. The Labute approximate surface area is 130 Å². The highest BCUT2D eigenvalue weighted by molar-refractivity contribution is 5.94. The van der Waals surface area contributed by atoms with Crippen molar-refractivity contribution in [3.8, 4) is 0 Å². The molecule has 2 rings (SSSR count). The van der Waals surface area contributed by atoms with E-state index < -0.39 is 0 Å². The van der Waals surface area contributed by atoms with E-state index in [1.54, 1.807) is 31.2 Å². The number of anilines is 1. The highest BCUT2D eigenvalue weighted by Crippen LogP contribution is 2.11. The van der Waals surface area contributed by atoms with Crippen molar-refractivity contribution in [1.29, 1.82) is 0 Å². The summed E-state index contributed by atoms with van der Waals surface area (Å²) in [6, 6.07) is 6.69. The summed E-state index contributed by atoms with van der Waals surface area (Å²) >= 11 is 0. The van der Waals surface area contributed by atoms with Crippen molar-refractivity contribution in [2.75, 3.05) is 38.2 Å². The molecule has 22 heavy (non-hydrogen) atoms. The van der Waals surface area contributed by atoms with Gasteiger partial charge in [0.15, 0.2) is 0 Å². The van der Waals surface area contributed by atoms with Crippen LogP contribution in [0, 0.1) is 0 Å². The van der Waals surface area contributed by atoms with Crippen LogP contribution in [-0.2, 0) is 14.3 Å².